The van der Waals surface area contributed by atoms with Gasteiger partial charge in [0.05, 0.1) is 6.61 Å². The number of esters is 1. The van der Waals surface area contributed by atoms with Gasteiger partial charge in [-0.2, -0.15) is 0 Å². The highest BCUT2D eigenvalue weighted by molar-refractivity contribution is 5.76. The molecule has 0 radical (unpaired) electrons. The van der Waals surface area contributed by atoms with Crippen molar-refractivity contribution >= 4 is 24.4 Å². The average Bonchev–Trinajstić information content (AvgIpc) is 2.84. The highest BCUT2D eigenvalue weighted by Crippen LogP contribution is 2.30. The minimum Gasteiger partial charge on any atom is -0.461 e. The minimum absolute atomic E-state index is 0.00184. The Morgan fingerprint density at radius 3 is 1.82 bits per heavy atom. The molecule has 1 aromatic carbocycles. The molecule has 1 aromatic rings. The van der Waals surface area contributed by atoms with Gasteiger partial charge < -0.3 is 38.9 Å². The SMILES string of the molecule is CCCC(C)OC(=O)Oc1ccc(C[C@H](N)C(=O)OC[C@H](C)OC(=O)OCC)cc1OC(=O)OC(C)CCC. The van der Waals surface area contributed by atoms with Crippen molar-refractivity contribution in [2.45, 2.75) is 98.0 Å². The molecule has 0 saturated heterocycles. The lowest BCUT2D eigenvalue weighted by molar-refractivity contribution is -0.148. The largest absolute Gasteiger partial charge is 0.514 e. The lowest BCUT2D eigenvalue weighted by Crippen LogP contribution is -2.36. The highest BCUT2D eigenvalue weighted by Gasteiger charge is 2.22. The van der Waals surface area contributed by atoms with Crippen LogP contribution in [0.1, 0.15) is 72.8 Å². The molecule has 0 spiro atoms. The van der Waals surface area contributed by atoms with Crippen molar-refractivity contribution in [2.24, 2.45) is 5.73 Å². The molecule has 2 N–H and O–H groups in total. The van der Waals surface area contributed by atoms with Gasteiger partial charge in [-0.1, -0.05) is 32.8 Å². The standard InChI is InChI=1S/C27H41NO11/c1-7-10-17(4)35-26(31)38-22-13-12-20(15-23(22)39-27(32)36-18(5)11-8-2)14-21(28)24(29)34-16-19(6)37-25(30)33-9-3/h12-13,15,17-19,21H,7-11,14,16,28H2,1-6H3/t17?,18?,19-,21-/m0/s1. The van der Waals surface area contributed by atoms with Crippen molar-refractivity contribution in [3.63, 3.8) is 0 Å². The van der Waals surface area contributed by atoms with E-state index in [4.69, 9.17) is 34.2 Å². The summed E-state index contributed by atoms with van der Waals surface area (Å²) in [6.07, 6.45) is -1.37. The quantitative estimate of drug-likeness (QED) is 0.174. The molecule has 0 aromatic heterocycles. The van der Waals surface area contributed by atoms with E-state index in [0.29, 0.717) is 18.4 Å². The van der Waals surface area contributed by atoms with Crippen LogP contribution in [0.5, 0.6) is 11.5 Å². The van der Waals surface area contributed by atoms with E-state index in [9.17, 15) is 19.2 Å². The molecule has 0 aliphatic heterocycles. The fraction of sp³-hybridized carbons (Fsp3) is 0.630. The summed E-state index contributed by atoms with van der Waals surface area (Å²) in [5, 5.41) is 0. The second-order valence-corrected chi connectivity index (χ2v) is 8.97. The first-order valence-corrected chi connectivity index (χ1v) is 13.1. The Morgan fingerprint density at radius 2 is 1.28 bits per heavy atom. The maximum atomic E-state index is 12.4. The molecule has 220 valence electrons. The van der Waals surface area contributed by atoms with E-state index in [-0.39, 0.29) is 43.3 Å². The summed E-state index contributed by atoms with van der Waals surface area (Å²) in [5.41, 5.74) is 6.48. The molecule has 2 unspecified atom stereocenters. The number of carbonyl (C=O) groups is 4. The molecule has 0 amide bonds. The summed E-state index contributed by atoms with van der Waals surface area (Å²) in [4.78, 5) is 48.3. The summed E-state index contributed by atoms with van der Waals surface area (Å²) >= 11 is 0. The molecule has 0 bridgehead atoms. The summed E-state index contributed by atoms with van der Waals surface area (Å²) in [6.45, 7) is 10.5. The van der Waals surface area contributed by atoms with Gasteiger partial charge in [0, 0.05) is 0 Å². The Kier molecular flexibility index (Phi) is 15.3. The van der Waals surface area contributed by atoms with Gasteiger partial charge in [0.15, 0.2) is 11.5 Å². The van der Waals surface area contributed by atoms with Crippen LogP contribution in [-0.4, -0.2) is 62.0 Å². The molecule has 39 heavy (non-hydrogen) atoms. The third-order valence-electron chi connectivity index (χ3n) is 5.16. The predicted octanol–water partition coefficient (Wildman–Crippen LogP) is 5.07. The fourth-order valence-electron chi connectivity index (χ4n) is 3.32. The Morgan fingerprint density at radius 1 is 0.744 bits per heavy atom. The van der Waals surface area contributed by atoms with Crippen LogP contribution in [0.25, 0.3) is 0 Å². The van der Waals surface area contributed by atoms with Gasteiger partial charge in [-0.05, 0) is 64.7 Å². The zero-order valence-electron chi connectivity index (χ0n) is 23.6. The van der Waals surface area contributed by atoms with Crippen LogP contribution in [-0.2, 0) is 34.9 Å². The van der Waals surface area contributed by atoms with E-state index in [1.165, 1.54) is 19.1 Å². The Labute approximate surface area is 229 Å². The predicted molar refractivity (Wildman–Crippen MR) is 140 cm³/mol. The Hall–Kier alpha value is -3.54. The number of hydrogen-bond acceptors (Lipinski definition) is 12. The first-order chi connectivity index (χ1) is 18.5. The van der Waals surface area contributed by atoms with Crippen LogP contribution in [0, 0.1) is 0 Å². The van der Waals surface area contributed by atoms with E-state index in [0.717, 1.165) is 12.8 Å². The summed E-state index contributed by atoms with van der Waals surface area (Å²) in [7, 11) is 0. The van der Waals surface area contributed by atoms with Crippen molar-refractivity contribution in [1.82, 2.24) is 0 Å². The van der Waals surface area contributed by atoms with Gasteiger partial charge >= 0.3 is 24.4 Å². The number of ether oxygens (including phenoxy) is 7. The van der Waals surface area contributed by atoms with Crippen LogP contribution in [0.4, 0.5) is 14.4 Å². The summed E-state index contributed by atoms with van der Waals surface area (Å²) in [5.74, 6) is -0.926. The van der Waals surface area contributed by atoms with Crippen molar-refractivity contribution < 1.29 is 52.3 Å². The van der Waals surface area contributed by atoms with Gasteiger partial charge in [-0.15, -0.1) is 0 Å². The van der Waals surface area contributed by atoms with Crippen molar-refractivity contribution in [3.05, 3.63) is 23.8 Å². The van der Waals surface area contributed by atoms with Crippen LogP contribution in [0.3, 0.4) is 0 Å². The molecular weight excluding hydrogens is 514 g/mol. The van der Waals surface area contributed by atoms with Gasteiger partial charge in [0.25, 0.3) is 0 Å². The Bertz CT molecular complexity index is 936. The monoisotopic (exact) mass is 555 g/mol. The van der Waals surface area contributed by atoms with Crippen LogP contribution in [0.15, 0.2) is 18.2 Å². The maximum Gasteiger partial charge on any atom is 0.514 e. The number of carbonyl (C=O) groups excluding carboxylic acids is 4. The normalized spacial score (nSPS) is 13.7. The van der Waals surface area contributed by atoms with Crippen molar-refractivity contribution in [1.29, 1.82) is 0 Å². The van der Waals surface area contributed by atoms with E-state index in [1.807, 2.05) is 13.8 Å². The molecule has 12 heteroatoms. The first-order valence-electron chi connectivity index (χ1n) is 13.1. The lowest BCUT2D eigenvalue weighted by Gasteiger charge is -2.17. The molecule has 4 atom stereocenters. The van der Waals surface area contributed by atoms with Crippen molar-refractivity contribution in [2.75, 3.05) is 13.2 Å². The smallest absolute Gasteiger partial charge is 0.461 e. The fourth-order valence-corrected chi connectivity index (χ4v) is 3.32. The van der Waals surface area contributed by atoms with Crippen LogP contribution < -0.4 is 15.2 Å². The molecule has 12 nitrogen and oxygen atoms in total. The van der Waals surface area contributed by atoms with E-state index >= 15 is 0 Å². The van der Waals surface area contributed by atoms with Gasteiger partial charge in [-0.25, -0.2) is 14.4 Å². The number of rotatable bonds is 15. The first kappa shape index (κ1) is 33.5. The maximum absolute atomic E-state index is 12.4. The lowest BCUT2D eigenvalue weighted by atomic mass is 10.1. The molecule has 0 fully saturated rings. The average molecular weight is 556 g/mol. The topological polar surface area (TPSA) is 159 Å². The summed E-state index contributed by atoms with van der Waals surface area (Å²) < 4.78 is 35.8. The second-order valence-electron chi connectivity index (χ2n) is 8.97. The van der Waals surface area contributed by atoms with Gasteiger partial charge in [-0.3, -0.25) is 4.79 Å². The molecular formula is C27H41NO11. The molecule has 0 saturated carbocycles. The third-order valence-corrected chi connectivity index (χ3v) is 5.16. The summed E-state index contributed by atoms with van der Waals surface area (Å²) in [6, 6.07) is 3.27. The number of nitrogens with two attached hydrogens (primary N) is 1. The van der Waals surface area contributed by atoms with E-state index < -0.39 is 36.6 Å². The van der Waals surface area contributed by atoms with Gasteiger partial charge in [0.1, 0.15) is 31.0 Å². The zero-order valence-corrected chi connectivity index (χ0v) is 23.6. The van der Waals surface area contributed by atoms with E-state index in [2.05, 4.69) is 4.74 Å². The molecule has 0 heterocycles. The highest BCUT2D eigenvalue weighted by atomic mass is 16.8. The number of benzene rings is 1. The zero-order chi connectivity index (χ0) is 29.4. The minimum atomic E-state index is -1.09. The second kappa shape index (κ2) is 17.9. The number of hydrogen-bond donors (Lipinski definition) is 1. The van der Waals surface area contributed by atoms with Crippen LogP contribution in [0.2, 0.25) is 0 Å². The molecule has 0 aliphatic rings. The third kappa shape index (κ3) is 13.7. The molecule has 0 aliphatic carbocycles. The Balaban J connectivity index is 2.92. The molecule has 1 rings (SSSR count). The van der Waals surface area contributed by atoms with Crippen LogP contribution >= 0.6 is 0 Å². The van der Waals surface area contributed by atoms with E-state index in [1.54, 1.807) is 26.8 Å². The van der Waals surface area contributed by atoms with Crippen molar-refractivity contribution in [3.8, 4) is 11.5 Å². The van der Waals surface area contributed by atoms with Gasteiger partial charge in [0.2, 0.25) is 0 Å².